The fraction of sp³-hybridized carbons (Fsp3) is 0.476. The minimum absolute atomic E-state index is 0.0337. The summed E-state index contributed by atoms with van der Waals surface area (Å²) in [5.74, 6) is 1.70. The van der Waals surface area contributed by atoms with Crippen LogP contribution in [0.4, 0.5) is 11.8 Å². The second kappa shape index (κ2) is 7.75. The molecule has 0 saturated heterocycles. The lowest BCUT2D eigenvalue weighted by molar-refractivity contribution is 0.0600. The van der Waals surface area contributed by atoms with Gasteiger partial charge in [0.25, 0.3) is 0 Å². The topological polar surface area (TPSA) is 87.6 Å². The van der Waals surface area contributed by atoms with Crippen LogP contribution in [0.2, 0.25) is 0 Å². The SMILES string of the molecule is COC(=O)c1ccc2c(c1)CCN(c1cc(C3CC3)nc(N[C@H](C)CO)n1)C2. The Balaban J connectivity index is 1.58. The van der Waals surface area contributed by atoms with Gasteiger partial charge in [-0.25, -0.2) is 9.78 Å². The average Bonchev–Trinajstić information content (AvgIpc) is 3.57. The number of carbonyl (C=O) groups excluding carboxylic acids is 1. The van der Waals surface area contributed by atoms with Gasteiger partial charge in [-0.2, -0.15) is 4.98 Å². The van der Waals surface area contributed by atoms with Crippen molar-refractivity contribution in [2.45, 2.75) is 44.7 Å². The molecule has 1 aromatic heterocycles. The summed E-state index contributed by atoms with van der Waals surface area (Å²) in [6.07, 6.45) is 3.19. The Morgan fingerprint density at radius 1 is 1.32 bits per heavy atom. The van der Waals surface area contributed by atoms with E-state index in [4.69, 9.17) is 9.72 Å². The van der Waals surface area contributed by atoms with E-state index in [0.717, 1.165) is 31.0 Å². The zero-order valence-corrected chi connectivity index (χ0v) is 16.3. The molecule has 1 atom stereocenters. The second-order valence-electron chi connectivity index (χ2n) is 7.62. The number of carbonyl (C=O) groups is 1. The molecule has 0 unspecified atom stereocenters. The van der Waals surface area contributed by atoms with Crippen LogP contribution in [0.25, 0.3) is 0 Å². The highest BCUT2D eigenvalue weighted by Gasteiger charge is 2.28. The highest BCUT2D eigenvalue weighted by atomic mass is 16.5. The molecule has 2 aliphatic rings. The summed E-state index contributed by atoms with van der Waals surface area (Å²) in [5, 5.41) is 12.5. The highest BCUT2D eigenvalue weighted by molar-refractivity contribution is 5.89. The number of aliphatic hydroxyl groups is 1. The van der Waals surface area contributed by atoms with E-state index < -0.39 is 0 Å². The third-order valence-electron chi connectivity index (χ3n) is 5.34. The van der Waals surface area contributed by atoms with Crippen molar-refractivity contribution >= 4 is 17.7 Å². The number of hydrogen-bond donors (Lipinski definition) is 2. The molecule has 0 amide bonds. The first-order valence-electron chi connectivity index (χ1n) is 9.79. The van der Waals surface area contributed by atoms with Gasteiger partial charge in [-0.05, 0) is 49.4 Å². The van der Waals surface area contributed by atoms with Crippen LogP contribution in [0.5, 0.6) is 0 Å². The molecule has 1 aromatic carbocycles. The molecule has 4 rings (SSSR count). The van der Waals surface area contributed by atoms with E-state index in [0.29, 0.717) is 17.4 Å². The number of hydrogen-bond acceptors (Lipinski definition) is 7. The van der Waals surface area contributed by atoms with Crippen molar-refractivity contribution in [3.8, 4) is 0 Å². The monoisotopic (exact) mass is 382 g/mol. The summed E-state index contributed by atoms with van der Waals surface area (Å²) < 4.78 is 4.82. The van der Waals surface area contributed by atoms with Crippen molar-refractivity contribution in [3.05, 3.63) is 46.6 Å². The molecule has 7 nitrogen and oxygen atoms in total. The van der Waals surface area contributed by atoms with E-state index in [1.165, 1.54) is 31.1 Å². The smallest absolute Gasteiger partial charge is 0.337 e. The zero-order chi connectivity index (χ0) is 19.7. The first-order chi connectivity index (χ1) is 13.6. The van der Waals surface area contributed by atoms with Crippen LogP contribution in [0.3, 0.4) is 0 Å². The van der Waals surface area contributed by atoms with Crippen LogP contribution in [-0.4, -0.2) is 47.3 Å². The van der Waals surface area contributed by atoms with Gasteiger partial charge in [-0.1, -0.05) is 6.07 Å². The van der Waals surface area contributed by atoms with Crippen molar-refractivity contribution in [1.29, 1.82) is 0 Å². The van der Waals surface area contributed by atoms with E-state index in [1.807, 2.05) is 25.1 Å². The van der Waals surface area contributed by atoms with Gasteiger partial charge in [-0.3, -0.25) is 0 Å². The summed E-state index contributed by atoms with van der Waals surface area (Å²) in [7, 11) is 1.40. The van der Waals surface area contributed by atoms with Crippen molar-refractivity contribution in [3.63, 3.8) is 0 Å². The number of rotatable bonds is 6. The van der Waals surface area contributed by atoms with Gasteiger partial charge in [0, 0.05) is 31.1 Å². The van der Waals surface area contributed by atoms with Crippen molar-refractivity contribution in [2.24, 2.45) is 0 Å². The Bertz CT molecular complexity index is 882. The van der Waals surface area contributed by atoms with Gasteiger partial charge in [0.15, 0.2) is 0 Å². The van der Waals surface area contributed by atoms with Crippen LogP contribution >= 0.6 is 0 Å². The molecular formula is C21H26N4O3. The number of aliphatic hydroxyl groups excluding tert-OH is 1. The molecule has 0 bridgehead atoms. The molecule has 2 heterocycles. The molecule has 0 radical (unpaired) electrons. The van der Waals surface area contributed by atoms with E-state index in [-0.39, 0.29) is 18.6 Å². The molecule has 28 heavy (non-hydrogen) atoms. The Labute approximate surface area is 164 Å². The predicted octanol–water partition coefficient (Wildman–Crippen LogP) is 2.50. The lowest BCUT2D eigenvalue weighted by Crippen LogP contribution is -2.32. The van der Waals surface area contributed by atoms with Crippen LogP contribution in [-0.2, 0) is 17.7 Å². The van der Waals surface area contributed by atoms with Crippen LogP contribution in [0.15, 0.2) is 24.3 Å². The Morgan fingerprint density at radius 2 is 2.14 bits per heavy atom. The third kappa shape index (κ3) is 3.94. The normalized spacial score (nSPS) is 17.0. The number of benzene rings is 1. The zero-order valence-electron chi connectivity index (χ0n) is 16.3. The molecule has 1 aliphatic carbocycles. The molecular weight excluding hydrogens is 356 g/mol. The summed E-state index contributed by atoms with van der Waals surface area (Å²) in [6, 6.07) is 7.76. The summed E-state index contributed by atoms with van der Waals surface area (Å²) >= 11 is 0. The summed E-state index contributed by atoms with van der Waals surface area (Å²) in [5.41, 5.74) is 4.05. The molecule has 7 heteroatoms. The number of fused-ring (bicyclic) bond motifs is 1. The van der Waals surface area contributed by atoms with Gasteiger partial charge in [-0.15, -0.1) is 0 Å². The fourth-order valence-corrected chi connectivity index (χ4v) is 3.53. The number of nitrogens with one attached hydrogen (secondary N) is 1. The van der Waals surface area contributed by atoms with Gasteiger partial charge in [0.05, 0.1) is 25.0 Å². The van der Waals surface area contributed by atoms with Gasteiger partial charge in [0.1, 0.15) is 5.82 Å². The van der Waals surface area contributed by atoms with Crippen molar-refractivity contribution < 1.29 is 14.6 Å². The highest BCUT2D eigenvalue weighted by Crippen LogP contribution is 2.40. The molecule has 1 aliphatic heterocycles. The standard InChI is InChI=1S/C21H26N4O3/c1-13(12-26)22-21-23-18(14-3-4-14)10-19(24-21)25-8-7-15-9-16(20(27)28-2)5-6-17(15)11-25/h5-6,9-10,13-14,26H,3-4,7-8,11-12H2,1-2H3,(H,22,23,24)/t13-/m1/s1. The first kappa shape index (κ1) is 18.7. The van der Waals surface area contributed by atoms with Crippen molar-refractivity contribution in [2.75, 3.05) is 30.5 Å². The second-order valence-corrected chi connectivity index (χ2v) is 7.62. The van der Waals surface area contributed by atoms with E-state index >= 15 is 0 Å². The van der Waals surface area contributed by atoms with E-state index in [2.05, 4.69) is 21.3 Å². The fourth-order valence-electron chi connectivity index (χ4n) is 3.53. The number of esters is 1. The number of anilines is 2. The summed E-state index contributed by atoms with van der Waals surface area (Å²) in [4.78, 5) is 23.4. The third-order valence-corrected chi connectivity index (χ3v) is 5.34. The molecule has 0 spiro atoms. The quantitative estimate of drug-likeness (QED) is 0.742. The molecule has 1 saturated carbocycles. The number of nitrogens with zero attached hydrogens (tertiary/aromatic N) is 3. The van der Waals surface area contributed by atoms with Gasteiger partial charge in [0.2, 0.25) is 5.95 Å². The largest absolute Gasteiger partial charge is 0.465 e. The van der Waals surface area contributed by atoms with Crippen molar-refractivity contribution in [1.82, 2.24) is 9.97 Å². The maximum absolute atomic E-state index is 11.8. The molecule has 148 valence electrons. The Kier molecular flexibility index (Phi) is 5.17. The van der Waals surface area contributed by atoms with Crippen LogP contribution in [0, 0.1) is 0 Å². The minimum Gasteiger partial charge on any atom is -0.465 e. The van der Waals surface area contributed by atoms with Crippen LogP contribution in [0.1, 0.15) is 52.9 Å². The van der Waals surface area contributed by atoms with Gasteiger partial charge < -0.3 is 20.1 Å². The van der Waals surface area contributed by atoms with Gasteiger partial charge >= 0.3 is 5.97 Å². The lowest BCUT2D eigenvalue weighted by atomic mass is 9.97. The average molecular weight is 382 g/mol. The lowest BCUT2D eigenvalue weighted by Gasteiger charge is -2.30. The Hall–Kier alpha value is -2.67. The molecule has 1 fully saturated rings. The molecule has 2 N–H and O–H groups in total. The minimum atomic E-state index is -0.302. The molecule has 2 aromatic rings. The van der Waals surface area contributed by atoms with Crippen LogP contribution < -0.4 is 10.2 Å². The number of aromatic nitrogens is 2. The Morgan fingerprint density at radius 3 is 2.86 bits per heavy atom. The van der Waals surface area contributed by atoms with E-state index in [1.54, 1.807) is 0 Å². The maximum Gasteiger partial charge on any atom is 0.337 e. The number of ether oxygens (including phenoxy) is 1. The van der Waals surface area contributed by atoms with E-state index in [9.17, 15) is 9.90 Å². The summed E-state index contributed by atoms with van der Waals surface area (Å²) in [6.45, 7) is 3.51. The first-order valence-corrected chi connectivity index (χ1v) is 9.79. The maximum atomic E-state index is 11.8. The number of methoxy groups -OCH3 is 1. The predicted molar refractivity (Wildman–Crippen MR) is 107 cm³/mol.